The molecule has 0 aliphatic carbocycles. The van der Waals surface area contributed by atoms with Gasteiger partial charge in [-0.25, -0.2) is 8.42 Å². The van der Waals surface area contributed by atoms with Gasteiger partial charge in [-0.2, -0.15) is 0 Å². The molecule has 0 bridgehead atoms. The Morgan fingerprint density at radius 2 is 2.12 bits per heavy atom. The molecule has 0 aromatic rings. The van der Waals surface area contributed by atoms with E-state index < -0.39 is 9.84 Å². The second-order valence-electron chi connectivity index (χ2n) is 4.45. The number of nitrogens with zero attached hydrogens (tertiary/aromatic N) is 1. The summed E-state index contributed by atoms with van der Waals surface area (Å²) < 4.78 is 22.7. The summed E-state index contributed by atoms with van der Waals surface area (Å²) in [5.74, 6) is 0.608. The minimum absolute atomic E-state index is 0.270. The van der Waals surface area contributed by atoms with Crippen LogP contribution in [-0.4, -0.2) is 57.0 Å². The largest absolute Gasteiger partial charge is 0.311 e. The zero-order valence-electron chi connectivity index (χ0n) is 10.4. The predicted molar refractivity (Wildman–Crippen MR) is 67.5 cm³/mol. The van der Waals surface area contributed by atoms with Crippen LogP contribution in [-0.2, 0) is 9.84 Å². The van der Waals surface area contributed by atoms with E-state index in [0.717, 1.165) is 39.0 Å². The van der Waals surface area contributed by atoms with Crippen LogP contribution < -0.4 is 5.32 Å². The Morgan fingerprint density at radius 3 is 2.75 bits per heavy atom. The molecule has 1 fully saturated rings. The first-order chi connectivity index (χ1) is 7.57. The summed E-state index contributed by atoms with van der Waals surface area (Å²) in [5.41, 5.74) is 0. The third kappa shape index (κ3) is 4.80. The topological polar surface area (TPSA) is 49.4 Å². The van der Waals surface area contributed by atoms with Crippen LogP contribution in [0.3, 0.4) is 0 Å². The molecule has 5 heteroatoms. The summed E-state index contributed by atoms with van der Waals surface area (Å²) in [6, 6.07) is 0.580. The quantitative estimate of drug-likeness (QED) is 0.743. The SMILES string of the molecule is CCC1CN(CCCS(=O)(=O)CC)CCN1. The lowest BCUT2D eigenvalue weighted by Crippen LogP contribution is -2.50. The Labute approximate surface area is 99.3 Å². The zero-order valence-corrected chi connectivity index (χ0v) is 11.2. The highest BCUT2D eigenvalue weighted by Crippen LogP contribution is 2.04. The lowest BCUT2D eigenvalue weighted by molar-refractivity contribution is 0.198. The van der Waals surface area contributed by atoms with Crippen LogP contribution in [0.1, 0.15) is 26.7 Å². The van der Waals surface area contributed by atoms with Crippen molar-refractivity contribution in [3.63, 3.8) is 0 Å². The second-order valence-corrected chi connectivity index (χ2v) is 6.92. The summed E-state index contributed by atoms with van der Waals surface area (Å²) in [5, 5.41) is 3.46. The van der Waals surface area contributed by atoms with E-state index in [4.69, 9.17) is 0 Å². The van der Waals surface area contributed by atoms with Crippen molar-refractivity contribution >= 4 is 9.84 Å². The maximum absolute atomic E-state index is 11.3. The molecule has 1 aliphatic heterocycles. The van der Waals surface area contributed by atoms with Crippen molar-refractivity contribution in [3.05, 3.63) is 0 Å². The normalized spacial score (nSPS) is 23.5. The van der Waals surface area contributed by atoms with Crippen molar-refractivity contribution in [3.8, 4) is 0 Å². The van der Waals surface area contributed by atoms with E-state index in [-0.39, 0.29) is 5.75 Å². The molecule has 1 rings (SSSR count). The van der Waals surface area contributed by atoms with Crippen LogP contribution in [0.5, 0.6) is 0 Å². The van der Waals surface area contributed by atoms with Gasteiger partial charge in [0, 0.05) is 31.4 Å². The van der Waals surface area contributed by atoms with Gasteiger partial charge >= 0.3 is 0 Å². The monoisotopic (exact) mass is 248 g/mol. The molecular weight excluding hydrogens is 224 g/mol. The van der Waals surface area contributed by atoms with E-state index >= 15 is 0 Å². The molecule has 0 saturated carbocycles. The van der Waals surface area contributed by atoms with Crippen LogP contribution >= 0.6 is 0 Å². The average molecular weight is 248 g/mol. The van der Waals surface area contributed by atoms with Crippen LogP contribution in [0.4, 0.5) is 0 Å². The molecule has 4 nitrogen and oxygen atoms in total. The van der Waals surface area contributed by atoms with Gasteiger partial charge in [0.15, 0.2) is 0 Å². The van der Waals surface area contributed by atoms with Gasteiger partial charge < -0.3 is 10.2 Å². The summed E-state index contributed by atoms with van der Waals surface area (Å²) in [7, 11) is -2.78. The molecule has 0 aromatic carbocycles. The fourth-order valence-corrected chi connectivity index (χ4v) is 2.88. The summed E-state index contributed by atoms with van der Waals surface area (Å²) in [6.07, 6.45) is 1.91. The molecule has 1 saturated heterocycles. The highest BCUT2D eigenvalue weighted by Gasteiger charge is 2.17. The van der Waals surface area contributed by atoms with Gasteiger partial charge in [0.1, 0.15) is 9.84 Å². The Hall–Kier alpha value is -0.130. The van der Waals surface area contributed by atoms with Crippen molar-refractivity contribution in [2.45, 2.75) is 32.7 Å². The fraction of sp³-hybridized carbons (Fsp3) is 1.00. The molecule has 16 heavy (non-hydrogen) atoms. The molecule has 0 radical (unpaired) electrons. The van der Waals surface area contributed by atoms with Crippen LogP contribution in [0, 0.1) is 0 Å². The Morgan fingerprint density at radius 1 is 1.38 bits per heavy atom. The van der Waals surface area contributed by atoms with Gasteiger partial charge in [0.05, 0.1) is 5.75 Å². The highest BCUT2D eigenvalue weighted by atomic mass is 32.2. The summed E-state index contributed by atoms with van der Waals surface area (Å²) in [6.45, 7) is 7.94. The van der Waals surface area contributed by atoms with Gasteiger partial charge in [-0.15, -0.1) is 0 Å². The number of sulfone groups is 1. The minimum Gasteiger partial charge on any atom is -0.311 e. The number of nitrogens with one attached hydrogen (secondary N) is 1. The van der Waals surface area contributed by atoms with Crippen LogP contribution in [0.15, 0.2) is 0 Å². The number of piperazine rings is 1. The molecular formula is C11H24N2O2S. The Balaban J connectivity index is 2.22. The first kappa shape index (κ1) is 13.9. The zero-order chi connectivity index (χ0) is 12.0. The van der Waals surface area contributed by atoms with Crippen molar-refractivity contribution in [1.29, 1.82) is 0 Å². The van der Waals surface area contributed by atoms with E-state index in [0.29, 0.717) is 11.8 Å². The standard InChI is InChI=1S/C11H24N2O2S/c1-3-11-10-13(8-6-12-11)7-5-9-16(14,15)4-2/h11-12H,3-10H2,1-2H3. The van der Waals surface area contributed by atoms with E-state index in [2.05, 4.69) is 17.1 Å². The lowest BCUT2D eigenvalue weighted by atomic mass is 10.1. The molecule has 0 amide bonds. The first-order valence-corrected chi connectivity index (χ1v) is 8.05. The number of rotatable bonds is 6. The molecule has 1 aliphatic rings. The lowest BCUT2D eigenvalue weighted by Gasteiger charge is -2.33. The Kier molecular flexibility index (Phi) is 5.72. The molecule has 1 heterocycles. The van der Waals surface area contributed by atoms with Crippen molar-refractivity contribution in [2.24, 2.45) is 0 Å². The average Bonchev–Trinajstić information content (AvgIpc) is 2.29. The fourth-order valence-electron chi connectivity index (χ4n) is 2.02. The summed E-state index contributed by atoms with van der Waals surface area (Å²) >= 11 is 0. The third-order valence-corrected chi connectivity index (χ3v) is 4.99. The van der Waals surface area contributed by atoms with Gasteiger partial charge in [-0.3, -0.25) is 0 Å². The first-order valence-electron chi connectivity index (χ1n) is 6.23. The van der Waals surface area contributed by atoms with Crippen LogP contribution in [0.2, 0.25) is 0 Å². The smallest absolute Gasteiger partial charge is 0.150 e. The van der Waals surface area contributed by atoms with E-state index in [1.54, 1.807) is 6.92 Å². The maximum Gasteiger partial charge on any atom is 0.150 e. The van der Waals surface area contributed by atoms with Gasteiger partial charge in [0.25, 0.3) is 0 Å². The van der Waals surface area contributed by atoms with E-state index in [1.165, 1.54) is 0 Å². The van der Waals surface area contributed by atoms with Crippen LogP contribution in [0.25, 0.3) is 0 Å². The summed E-state index contributed by atoms with van der Waals surface area (Å²) in [4.78, 5) is 2.37. The highest BCUT2D eigenvalue weighted by molar-refractivity contribution is 7.91. The van der Waals surface area contributed by atoms with Gasteiger partial charge in [0.2, 0.25) is 0 Å². The molecule has 1 atom stereocenters. The second kappa shape index (κ2) is 6.57. The number of hydrogen-bond donors (Lipinski definition) is 1. The van der Waals surface area contributed by atoms with E-state index in [9.17, 15) is 8.42 Å². The Bertz CT molecular complexity index is 290. The number of hydrogen-bond acceptors (Lipinski definition) is 4. The third-order valence-electron chi connectivity index (χ3n) is 3.20. The molecule has 1 N–H and O–H groups in total. The molecule has 0 spiro atoms. The predicted octanol–water partition coefficient (Wildman–Crippen LogP) is 0.495. The van der Waals surface area contributed by atoms with Gasteiger partial charge in [-0.05, 0) is 19.4 Å². The molecule has 0 aromatic heterocycles. The van der Waals surface area contributed by atoms with E-state index in [1.807, 2.05) is 0 Å². The van der Waals surface area contributed by atoms with Gasteiger partial charge in [-0.1, -0.05) is 13.8 Å². The van der Waals surface area contributed by atoms with Crippen molar-refractivity contribution in [1.82, 2.24) is 10.2 Å². The van der Waals surface area contributed by atoms with Crippen molar-refractivity contribution < 1.29 is 8.42 Å². The van der Waals surface area contributed by atoms with Crippen molar-refractivity contribution in [2.75, 3.05) is 37.7 Å². The molecule has 96 valence electrons. The molecule has 1 unspecified atom stereocenters. The minimum atomic E-state index is -2.78. The maximum atomic E-state index is 11.3.